The Labute approximate surface area is 117 Å². The third-order valence-electron chi connectivity index (χ3n) is 2.62. The summed E-state index contributed by atoms with van der Waals surface area (Å²) < 4.78 is 5.68. The van der Waals surface area contributed by atoms with E-state index in [1.54, 1.807) is 30.0 Å². The summed E-state index contributed by atoms with van der Waals surface area (Å²) in [5.41, 5.74) is 1.45. The highest BCUT2D eigenvalue weighted by molar-refractivity contribution is 5.42. The number of hydrogen-bond acceptors (Lipinski definition) is 6. The van der Waals surface area contributed by atoms with Crippen LogP contribution < -0.4 is 9.64 Å². The van der Waals surface area contributed by atoms with Crippen LogP contribution in [0.25, 0.3) is 0 Å². The van der Waals surface area contributed by atoms with Gasteiger partial charge in [0.2, 0.25) is 5.95 Å². The van der Waals surface area contributed by atoms with Crippen LogP contribution in [0, 0.1) is 25.2 Å². The smallest absolute Gasteiger partial charge is 0.327 e. The average Bonchev–Trinajstić information content (AvgIpc) is 2.40. The van der Waals surface area contributed by atoms with E-state index in [-0.39, 0.29) is 6.01 Å². The second kappa shape index (κ2) is 5.53. The van der Waals surface area contributed by atoms with E-state index < -0.39 is 0 Å². The molecule has 1 heterocycles. The Bertz CT molecular complexity index is 676. The largest absolute Gasteiger partial charge is 0.424 e. The van der Waals surface area contributed by atoms with Crippen molar-refractivity contribution in [2.75, 3.05) is 19.0 Å². The number of hydrogen-bond donors (Lipinski definition) is 0. The standard InChI is InChI=1S/C14H15N5O/c1-9-7-11(8-15)5-6-12(9)20-14-17-10(2)16-13(18-14)19(3)4/h5-7H,1-4H3. The molecule has 1 aromatic carbocycles. The lowest BCUT2D eigenvalue weighted by molar-refractivity contribution is 0.434. The Morgan fingerprint density at radius 2 is 1.90 bits per heavy atom. The van der Waals surface area contributed by atoms with Crippen LogP contribution in [-0.2, 0) is 0 Å². The molecule has 6 heteroatoms. The Morgan fingerprint density at radius 3 is 2.50 bits per heavy atom. The van der Waals surface area contributed by atoms with Crippen LogP contribution in [0.1, 0.15) is 17.0 Å². The monoisotopic (exact) mass is 269 g/mol. The van der Waals surface area contributed by atoms with Gasteiger partial charge in [0, 0.05) is 14.1 Å². The van der Waals surface area contributed by atoms with Crippen molar-refractivity contribution in [3.05, 3.63) is 35.2 Å². The first-order chi connectivity index (χ1) is 9.49. The van der Waals surface area contributed by atoms with Crippen molar-refractivity contribution < 1.29 is 4.74 Å². The molecule has 0 aliphatic rings. The molecule has 6 nitrogen and oxygen atoms in total. The van der Waals surface area contributed by atoms with Gasteiger partial charge in [0.05, 0.1) is 11.6 Å². The number of benzene rings is 1. The van der Waals surface area contributed by atoms with Crippen LogP contribution in [-0.4, -0.2) is 29.0 Å². The van der Waals surface area contributed by atoms with E-state index >= 15 is 0 Å². The van der Waals surface area contributed by atoms with Gasteiger partial charge in [-0.15, -0.1) is 0 Å². The van der Waals surface area contributed by atoms with Crippen molar-refractivity contribution in [2.24, 2.45) is 0 Å². The van der Waals surface area contributed by atoms with Crippen LogP contribution in [0.15, 0.2) is 18.2 Å². The predicted octanol–water partition coefficient (Wildman–Crippen LogP) is 2.22. The second-order valence-corrected chi connectivity index (χ2v) is 4.55. The highest BCUT2D eigenvalue weighted by Crippen LogP contribution is 2.24. The van der Waals surface area contributed by atoms with Gasteiger partial charge >= 0.3 is 6.01 Å². The van der Waals surface area contributed by atoms with Crippen molar-refractivity contribution in [1.29, 1.82) is 5.26 Å². The summed E-state index contributed by atoms with van der Waals surface area (Å²) >= 11 is 0. The quantitative estimate of drug-likeness (QED) is 0.850. The van der Waals surface area contributed by atoms with Crippen molar-refractivity contribution in [2.45, 2.75) is 13.8 Å². The third kappa shape index (κ3) is 3.01. The van der Waals surface area contributed by atoms with Gasteiger partial charge < -0.3 is 9.64 Å². The van der Waals surface area contributed by atoms with Crippen LogP contribution >= 0.6 is 0 Å². The van der Waals surface area contributed by atoms with Crippen molar-refractivity contribution in [3.63, 3.8) is 0 Å². The predicted molar refractivity (Wildman–Crippen MR) is 74.9 cm³/mol. The zero-order valence-corrected chi connectivity index (χ0v) is 11.9. The summed E-state index contributed by atoms with van der Waals surface area (Å²) in [6, 6.07) is 7.53. The number of anilines is 1. The molecule has 1 aromatic heterocycles. The summed E-state index contributed by atoms with van der Waals surface area (Å²) in [4.78, 5) is 14.4. The molecule has 0 aliphatic carbocycles. The Balaban J connectivity index is 2.33. The summed E-state index contributed by atoms with van der Waals surface area (Å²) in [6.45, 7) is 3.66. The summed E-state index contributed by atoms with van der Waals surface area (Å²) in [7, 11) is 3.71. The van der Waals surface area contributed by atoms with E-state index in [0.717, 1.165) is 5.56 Å². The molecule has 0 atom stereocenters. The van der Waals surface area contributed by atoms with Gasteiger partial charge in [0.25, 0.3) is 0 Å². The number of nitrogens with zero attached hydrogens (tertiary/aromatic N) is 5. The molecule has 0 fully saturated rings. The van der Waals surface area contributed by atoms with E-state index in [1.165, 1.54) is 0 Å². The minimum absolute atomic E-state index is 0.244. The lowest BCUT2D eigenvalue weighted by Gasteiger charge is -2.12. The second-order valence-electron chi connectivity index (χ2n) is 4.55. The molecule has 2 aromatic rings. The zero-order chi connectivity index (χ0) is 14.7. The van der Waals surface area contributed by atoms with Gasteiger partial charge in [0.15, 0.2) is 0 Å². The van der Waals surface area contributed by atoms with E-state index in [9.17, 15) is 0 Å². The van der Waals surface area contributed by atoms with E-state index in [2.05, 4.69) is 21.0 Å². The van der Waals surface area contributed by atoms with Crippen molar-refractivity contribution in [1.82, 2.24) is 15.0 Å². The number of aryl methyl sites for hydroxylation is 2. The minimum Gasteiger partial charge on any atom is -0.424 e. The van der Waals surface area contributed by atoms with Gasteiger partial charge in [-0.1, -0.05) is 0 Å². The molecule has 0 saturated heterocycles. The lowest BCUT2D eigenvalue weighted by atomic mass is 10.1. The van der Waals surface area contributed by atoms with Gasteiger partial charge in [-0.05, 0) is 37.6 Å². The average molecular weight is 269 g/mol. The lowest BCUT2D eigenvalue weighted by Crippen LogP contribution is -2.14. The van der Waals surface area contributed by atoms with Gasteiger partial charge in [-0.2, -0.15) is 20.2 Å². The first kappa shape index (κ1) is 13.7. The van der Waals surface area contributed by atoms with Gasteiger partial charge in [0.1, 0.15) is 11.6 Å². The summed E-state index contributed by atoms with van der Waals surface area (Å²) in [5.74, 6) is 1.75. The van der Waals surface area contributed by atoms with Crippen LogP contribution in [0.2, 0.25) is 0 Å². The summed E-state index contributed by atoms with van der Waals surface area (Å²) in [6.07, 6.45) is 0. The van der Waals surface area contributed by atoms with E-state index in [0.29, 0.717) is 23.1 Å². The molecule has 0 saturated carbocycles. The van der Waals surface area contributed by atoms with Crippen LogP contribution in [0.4, 0.5) is 5.95 Å². The topological polar surface area (TPSA) is 74.9 Å². The molecule has 0 unspecified atom stereocenters. The first-order valence-electron chi connectivity index (χ1n) is 6.08. The number of ether oxygens (including phenoxy) is 1. The van der Waals surface area contributed by atoms with Crippen LogP contribution in [0.5, 0.6) is 11.8 Å². The maximum Gasteiger partial charge on any atom is 0.327 e. The molecule has 0 spiro atoms. The minimum atomic E-state index is 0.244. The maximum absolute atomic E-state index is 8.85. The molecule has 0 aliphatic heterocycles. The van der Waals surface area contributed by atoms with Crippen LogP contribution in [0.3, 0.4) is 0 Å². The van der Waals surface area contributed by atoms with E-state index in [1.807, 2.05) is 21.0 Å². The SMILES string of the molecule is Cc1nc(Oc2ccc(C#N)cc2C)nc(N(C)C)n1. The van der Waals surface area contributed by atoms with E-state index in [4.69, 9.17) is 10.00 Å². The molecule has 0 N–H and O–H groups in total. The molecule has 2 rings (SSSR count). The highest BCUT2D eigenvalue weighted by atomic mass is 16.5. The molecule has 102 valence electrons. The normalized spacial score (nSPS) is 9.95. The number of nitriles is 1. The first-order valence-corrected chi connectivity index (χ1v) is 6.08. The number of aromatic nitrogens is 3. The molecular weight excluding hydrogens is 254 g/mol. The Kier molecular flexibility index (Phi) is 3.80. The highest BCUT2D eigenvalue weighted by Gasteiger charge is 2.09. The molecule has 0 amide bonds. The van der Waals surface area contributed by atoms with Crippen molar-refractivity contribution >= 4 is 5.95 Å². The third-order valence-corrected chi connectivity index (χ3v) is 2.62. The number of rotatable bonds is 3. The Morgan fingerprint density at radius 1 is 1.15 bits per heavy atom. The fourth-order valence-corrected chi connectivity index (χ4v) is 1.62. The van der Waals surface area contributed by atoms with Gasteiger partial charge in [-0.3, -0.25) is 0 Å². The molecule has 0 bridgehead atoms. The molecular formula is C14H15N5O. The zero-order valence-electron chi connectivity index (χ0n) is 11.9. The Hall–Kier alpha value is -2.68. The molecule has 0 radical (unpaired) electrons. The van der Waals surface area contributed by atoms with Crippen molar-refractivity contribution in [3.8, 4) is 17.8 Å². The fraction of sp³-hybridized carbons (Fsp3) is 0.286. The maximum atomic E-state index is 8.85. The fourth-order valence-electron chi connectivity index (χ4n) is 1.62. The summed E-state index contributed by atoms with van der Waals surface area (Å²) in [5, 5.41) is 8.85. The molecule has 20 heavy (non-hydrogen) atoms. The van der Waals surface area contributed by atoms with Gasteiger partial charge in [-0.25, -0.2) is 0 Å².